The highest BCUT2D eigenvalue weighted by molar-refractivity contribution is 5.77. The number of ether oxygens (including phenoxy) is 2. The zero-order chi connectivity index (χ0) is 15.2. The van der Waals surface area contributed by atoms with Gasteiger partial charge in [0.05, 0.1) is 25.6 Å². The molecule has 0 aromatic carbocycles. The maximum Gasteiger partial charge on any atom is 0.306 e. The standard InChI is InChI=1S/C16H30O4/c1-4-6-8-9-13-19-15(17)11-12-16(18)20-14(3)10-7-5-2/h14H,4-13H2,1-3H3. The van der Waals surface area contributed by atoms with Crippen molar-refractivity contribution in [2.24, 2.45) is 0 Å². The van der Waals surface area contributed by atoms with Gasteiger partial charge < -0.3 is 9.47 Å². The van der Waals surface area contributed by atoms with E-state index in [1.54, 1.807) is 0 Å². The fourth-order valence-electron chi connectivity index (χ4n) is 1.82. The summed E-state index contributed by atoms with van der Waals surface area (Å²) < 4.78 is 10.3. The molecule has 1 atom stereocenters. The molecular weight excluding hydrogens is 256 g/mol. The summed E-state index contributed by atoms with van der Waals surface area (Å²) in [6, 6.07) is 0. The van der Waals surface area contributed by atoms with Gasteiger partial charge in [-0.3, -0.25) is 9.59 Å². The van der Waals surface area contributed by atoms with Gasteiger partial charge in [-0.05, 0) is 19.8 Å². The minimum absolute atomic E-state index is 0.0625. The molecule has 4 heteroatoms. The molecule has 0 aromatic rings. The van der Waals surface area contributed by atoms with Crippen molar-refractivity contribution in [2.75, 3.05) is 6.61 Å². The van der Waals surface area contributed by atoms with Gasteiger partial charge in [0.2, 0.25) is 0 Å². The monoisotopic (exact) mass is 286 g/mol. The van der Waals surface area contributed by atoms with E-state index in [1.165, 1.54) is 6.42 Å². The van der Waals surface area contributed by atoms with E-state index >= 15 is 0 Å². The van der Waals surface area contributed by atoms with Crippen LogP contribution in [0.1, 0.15) is 78.6 Å². The van der Waals surface area contributed by atoms with Crippen LogP contribution >= 0.6 is 0 Å². The van der Waals surface area contributed by atoms with E-state index in [9.17, 15) is 9.59 Å². The third-order valence-corrected chi connectivity index (χ3v) is 3.09. The number of hydrogen-bond acceptors (Lipinski definition) is 4. The summed E-state index contributed by atoms with van der Waals surface area (Å²) in [4.78, 5) is 22.9. The van der Waals surface area contributed by atoms with E-state index in [1.807, 2.05) is 6.92 Å². The summed E-state index contributed by atoms with van der Waals surface area (Å²) in [5, 5.41) is 0. The minimum Gasteiger partial charge on any atom is -0.466 e. The maximum absolute atomic E-state index is 11.5. The minimum atomic E-state index is -0.309. The van der Waals surface area contributed by atoms with Gasteiger partial charge in [0, 0.05) is 0 Å². The molecule has 0 rings (SSSR count). The molecule has 118 valence electrons. The molecule has 0 fully saturated rings. The van der Waals surface area contributed by atoms with Crippen LogP contribution in [-0.4, -0.2) is 24.6 Å². The number of carbonyl (C=O) groups is 2. The lowest BCUT2D eigenvalue weighted by molar-refractivity contribution is -0.153. The smallest absolute Gasteiger partial charge is 0.306 e. The normalized spacial score (nSPS) is 11.9. The predicted octanol–water partition coefficient (Wildman–Crippen LogP) is 4.01. The summed E-state index contributed by atoms with van der Waals surface area (Å²) in [5.41, 5.74) is 0. The Morgan fingerprint density at radius 2 is 1.55 bits per heavy atom. The largest absolute Gasteiger partial charge is 0.466 e. The summed E-state index contributed by atoms with van der Waals surface area (Å²) in [7, 11) is 0. The summed E-state index contributed by atoms with van der Waals surface area (Å²) >= 11 is 0. The van der Waals surface area contributed by atoms with Gasteiger partial charge in [0.15, 0.2) is 0 Å². The number of carbonyl (C=O) groups excluding carboxylic acids is 2. The van der Waals surface area contributed by atoms with Crippen LogP contribution < -0.4 is 0 Å². The molecule has 0 aliphatic carbocycles. The molecule has 0 heterocycles. The Balaban J connectivity index is 3.55. The topological polar surface area (TPSA) is 52.6 Å². The molecule has 1 unspecified atom stereocenters. The molecule has 0 aliphatic heterocycles. The van der Waals surface area contributed by atoms with E-state index in [-0.39, 0.29) is 30.9 Å². The Bertz CT molecular complexity index is 263. The second-order valence-electron chi connectivity index (χ2n) is 5.22. The first-order valence-electron chi connectivity index (χ1n) is 7.95. The van der Waals surface area contributed by atoms with Crippen LogP contribution in [0.2, 0.25) is 0 Å². The van der Waals surface area contributed by atoms with E-state index in [2.05, 4.69) is 13.8 Å². The Labute approximate surface area is 123 Å². The fourth-order valence-corrected chi connectivity index (χ4v) is 1.82. The van der Waals surface area contributed by atoms with Crippen molar-refractivity contribution in [3.8, 4) is 0 Å². The highest BCUT2D eigenvalue weighted by Gasteiger charge is 2.12. The first-order valence-corrected chi connectivity index (χ1v) is 7.95. The van der Waals surface area contributed by atoms with E-state index in [0.717, 1.165) is 38.5 Å². The Morgan fingerprint density at radius 1 is 0.900 bits per heavy atom. The Morgan fingerprint density at radius 3 is 2.20 bits per heavy atom. The molecule has 0 spiro atoms. The first kappa shape index (κ1) is 18.9. The van der Waals surface area contributed by atoms with Gasteiger partial charge in [-0.15, -0.1) is 0 Å². The van der Waals surface area contributed by atoms with Gasteiger partial charge in [-0.25, -0.2) is 0 Å². The van der Waals surface area contributed by atoms with Crippen LogP contribution in [0.25, 0.3) is 0 Å². The first-order chi connectivity index (χ1) is 9.60. The molecule has 0 amide bonds. The lowest BCUT2D eigenvalue weighted by atomic mass is 10.2. The number of esters is 2. The molecule has 0 saturated heterocycles. The van der Waals surface area contributed by atoms with Crippen LogP contribution in [0, 0.1) is 0 Å². The highest BCUT2D eigenvalue weighted by atomic mass is 16.5. The second-order valence-corrected chi connectivity index (χ2v) is 5.22. The van der Waals surface area contributed by atoms with Crippen molar-refractivity contribution >= 4 is 11.9 Å². The predicted molar refractivity (Wildman–Crippen MR) is 79.4 cm³/mol. The second kappa shape index (κ2) is 12.9. The van der Waals surface area contributed by atoms with Gasteiger partial charge >= 0.3 is 11.9 Å². The third kappa shape index (κ3) is 12.0. The number of unbranched alkanes of at least 4 members (excludes halogenated alkanes) is 4. The Hall–Kier alpha value is -1.06. The van der Waals surface area contributed by atoms with Crippen molar-refractivity contribution in [3.05, 3.63) is 0 Å². The Kier molecular flexibility index (Phi) is 12.3. The lowest BCUT2D eigenvalue weighted by Crippen LogP contribution is -2.16. The molecule has 4 nitrogen and oxygen atoms in total. The van der Waals surface area contributed by atoms with E-state index < -0.39 is 0 Å². The summed E-state index contributed by atoms with van der Waals surface area (Å²) in [6.45, 7) is 6.59. The molecule has 0 aromatic heterocycles. The van der Waals surface area contributed by atoms with Gasteiger partial charge in [0.25, 0.3) is 0 Å². The van der Waals surface area contributed by atoms with Crippen molar-refractivity contribution in [1.82, 2.24) is 0 Å². The maximum atomic E-state index is 11.5. The third-order valence-electron chi connectivity index (χ3n) is 3.09. The molecule has 0 N–H and O–H groups in total. The molecule has 0 aliphatic rings. The van der Waals surface area contributed by atoms with E-state index in [4.69, 9.17) is 9.47 Å². The van der Waals surface area contributed by atoms with Gasteiger partial charge in [-0.2, -0.15) is 0 Å². The molecule has 20 heavy (non-hydrogen) atoms. The van der Waals surface area contributed by atoms with Crippen LogP contribution in [0.3, 0.4) is 0 Å². The van der Waals surface area contributed by atoms with Crippen molar-refractivity contribution in [1.29, 1.82) is 0 Å². The summed E-state index contributed by atoms with van der Waals surface area (Å²) in [6.07, 6.45) is 7.50. The van der Waals surface area contributed by atoms with E-state index in [0.29, 0.717) is 6.61 Å². The zero-order valence-electron chi connectivity index (χ0n) is 13.3. The molecule has 0 saturated carbocycles. The quantitative estimate of drug-likeness (QED) is 0.402. The van der Waals surface area contributed by atoms with Crippen LogP contribution in [-0.2, 0) is 19.1 Å². The van der Waals surface area contributed by atoms with Crippen LogP contribution in [0.5, 0.6) is 0 Å². The molecule has 0 bridgehead atoms. The molecule has 0 radical (unpaired) electrons. The van der Waals surface area contributed by atoms with Crippen LogP contribution in [0.15, 0.2) is 0 Å². The SMILES string of the molecule is CCCCCCOC(=O)CCC(=O)OC(C)CCCC. The van der Waals surface area contributed by atoms with Crippen molar-refractivity contribution in [3.63, 3.8) is 0 Å². The fraction of sp³-hybridized carbons (Fsp3) is 0.875. The van der Waals surface area contributed by atoms with Crippen molar-refractivity contribution in [2.45, 2.75) is 84.7 Å². The highest BCUT2D eigenvalue weighted by Crippen LogP contribution is 2.07. The van der Waals surface area contributed by atoms with Gasteiger partial charge in [0.1, 0.15) is 0 Å². The molecular formula is C16H30O4. The summed E-state index contributed by atoms with van der Waals surface area (Å²) in [5.74, 6) is -0.615. The van der Waals surface area contributed by atoms with Crippen LogP contribution in [0.4, 0.5) is 0 Å². The number of hydrogen-bond donors (Lipinski definition) is 0. The van der Waals surface area contributed by atoms with Gasteiger partial charge in [-0.1, -0.05) is 46.0 Å². The lowest BCUT2D eigenvalue weighted by Gasteiger charge is -2.12. The average molecular weight is 286 g/mol. The zero-order valence-corrected chi connectivity index (χ0v) is 13.3. The number of rotatable bonds is 12. The van der Waals surface area contributed by atoms with Crippen molar-refractivity contribution < 1.29 is 19.1 Å². The average Bonchev–Trinajstić information content (AvgIpc) is 2.42.